The standard InChI is InChI=1S/C16H30N2OS/c1-6-18(7-2)10-11-20-13-15-9-8-14(19-15)12-17-16(3,4)5/h8-9,17H,6-7,10-13H2,1-5H3. The number of nitrogens with zero attached hydrogens (tertiary/aromatic N) is 1. The Hall–Kier alpha value is -0.450. The summed E-state index contributed by atoms with van der Waals surface area (Å²) in [4.78, 5) is 2.45. The van der Waals surface area contributed by atoms with Crippen LogP contribution in [0, 0.1) is 0 Å². The molecule has 0 radical (unpaired) electrons. The van der Waals surface area contributed by atoms with Gasteiger partial charge in [0, 0.05) is 17.8 Å². The molecule has 0 saturated carbocycles. The number of furan rings is 1. The van der Waals surface area contributed by atoms with Crippen LogP contribution in [0.4, 0.5) is 0 Å². The maximum atomic E-state index is 5.84. The topological polar surface area (TPSA) is 28.4 Å². The summed E-state index contributed by atoms with van der Waals surface area (Å²) in [5, 5.41) is 3.44. The van der Waals surface area contributed by atoms with E-state index in [1.807, 2.05) is 11.8 Å². The minimum absolute atomic E-state index is 0.130. The molecule has 0 fully saturated rings. The highest BCUT2D eigenvalue weighted by Gasteiger charge is 2.10. The van der Waals surface area contributed by atoms with E-state index in [1.165, 1.54) is 0 Å². The van der Waals surface area contributed by atoms with Gasteiger partial charge in [-0.3, -0.25) is 0 Å². The molecule has 1 N–H and O–H groups in total. The van der Waals surface area contributed by atoms with Crippen LogP contribution in [0.5, 0.6) is 0 Å². The van der Waals surface area contributed by atoms with Crippen molar-refractivity contribution in [1.82, 2.24) is 10.2 Å². The maximum absolute atomic E-state index is 5.84. The van der Waals surface area contributed by atoms with Gasteiger partial charge in [-0.25, -0.2) is 0 Å². The first-order valence-electron chi connectivity index (χ1n) is 7.57. The van der Waals surface area contributed by atoms with Crippen molar-refractivity contribution >= 4 is 11.8 Å². The molecule has 0 saturated heterocycles. The van der Waals surface area contributed by atoms with E-state index in [4.69, 9.17) is 4.42 Å². The predicted molar refractivity (Wildman–Crippen MR) is 89.3 cm³/mol. The maximum Gasteiger partial charge on any atom is 0.118 e. The van der Waals surface area contributed by atoms with Crippen LogP contribution >= 0.6 is 11.8 Å². The molecule has 1 heterocycles. The van der Waals surface area contributed by atoms with Crippen molar-refractivity contribution in [3.8, 4) is 0 Å². The highest BCUT2D eigenvalue weighted by Crippen LogP contribution is 2.16. The first-order valence-corrected chi connectivity index (χ1v) is 8.72. The predicted octanol–water partition coefficient (Wildman–Crippen LogP) is 3.74. The summed E-state index contributed by atoms with van der Waals surface area (Å²) < 4.78 is 5.84. The summed E-state index contributed by atoms with van der Waals surface area (Å²) in [6, 6.07) is 4.18. The van der Waals surface area contributed by atoms with Gasteiger partial charge < -0.3 is 14.6 Å². The van der Waals surface area contributed by atoms with E-state index in [0.717, 1.165) is 49.2 Å². The number of thioether (sulfide) groups is 1. The molecule has 0 aliphatic heterocycles. The summed E-state index contributed by atoms with van der Waals surface area (Å²) in [7, 11) is 0. The summed E-state index contributed by atoms with van der Waals surface area (Å²) in [6.07, 6.45) is 0. The Kier molecular flexibility index (Phi) is 7.70. The van der Waals surface area contributed by atoms with Crippen molar-refractivity contribution < 1.29 is 4.42 Å². The molecule has 4 heteroatoms. The zero-order valence-electron chi connectivity index (χ0n) is 13.7. The summed E-state index contributed by atoms with van der Waals surface area (Å²) in [5.41, 5.74) is 0.130. The second-order valence-electron chi connectivity index (χ2n) is 6.05. The van der Waals surface area contributed by atoms with E-state index in [2.05, 4.69) is 57.0 Å². The lowest BCUT2D eigenvalue weighted by molar-refractivity contribution is 0.324. The van der Waals surface area contributed by atoms with Crippen molar-refractivity contribution in [3.63, 3.8) is 0 Å². The van der Waals surface area contributed by atoms with Crippen LogP contribution in [0.15, 0.2) is 16.5 Å². The van der Waals surface area contributed by atoms with E-state index >= 15 is 0 Å². The van der Waals surface area contributed by atoms with Crippen molar-refractivity contribution in [1.29, 1.82) is 0 Å². The number of hydrogen-bond donors (Lipinski definition) is 1. The van der Waals surface area contributed by atoms with E-state index in [9.17, 15) is 0 Å². The van der Waals surface area contributed by atoms with Crippen LogP contribution < -0.4 is 5.32 Å². The van der Waals surface area contributed by atoms with Crippen LogP contribution in [-0.2, 0) is 12.3 Å². The zero-order chi connectivity index (χ0) is 15.0. The largest absolute Gasteiger partial charge is 0.464 e. The molecular weight excluding hydrogens is 268 g/mol. The molecule has 0 aliphatic rings. The molecule has 0 unspecified atom stereocenters. The van der Waals surface area contributed by atoms with Gasteiger partial charge in [-0.15, -0.1) is 0 Å². The fourth-order valence-electron chi connectivity index (χ4n) is 1.85. The van der Waals surface area contributed by atoms with Crippen molar-refractivity contribution in [2.45, 2.75) is 52.5 Å². The van der Waals surface area contributed by atoms with E-state index in [1.54, 1.807) is 0 Å². The Balaban J connectivity index is 2.23. The molecule has 0 amide bonds. The minimum atomic E-state index is 0.130. The third-order valence-corrected chi connectivity index (χ3v) is 4.16. The van der Waals surface area contributed by atoms with E-state index in [0.29, 0.717) is 0 Å². The Morgan fingerprint density at radius 2 is 1.80 bits per heavy atom. The van der Waals surface area contributed by atoms with Crippen molar-refractivity contribution in [2.75, 3.05) is 25.4 Å². The molecule has 0 aliphatic carbocycles. The highest BCUT2D eigenvalue weighted by molar-refractivity contribution is 7.98. The Labute approximate surface area is 128 Å². The van der Waals surface area contributed by atoms with Gasteiger partial charge in [-0.05, 0) is 46.0 Å². The SMILES string of the molecule is CCN(CC)CCSCc1ccc(CNC(C)(C)C)o1. The second kappa shape index (κ2) is 8.75. The van der Waals surface area contributed by atoms with Gasteiger partial charge in [0.2, 0.25) is 0 Å². The number of rotatable bonds is 9. The Morgan fingerprint density at radius 1 is 1.15 bits per heavy atom. The molecule has 0 bridgehead atoms. The van der Waals surface area contributed by atoms with Gasteiger partial charge in [0.05, 0.1) is 12.3 Å². The second-order valence-corrected chi connectivity index (χ2v) is 7.16. The van der Waals surface area contributed by atoms with Gasteiger partial charge in [0.25, 0.3) is 0 Å². The highest BCUT2D eigenvalue weighted by atomic mass is 32.2. The van der Waals surface area contributed by atoms with E-state index in [-0.39, 0.29) is 5.54 Å². The van der Waals surface area contributed by atoms with Crippen LogP contribution in [0.2, 0.25) is 0 Å². The molecule has 0 aromatic carbocycles. The third-order valence-electron chi connectivity index (χ3n) is 3.20. The smallest absolute Gasteiger partial charge is 0.118 e. The molecule has 0 spiro atoms. The first kappa shape index (κ1) is 17.6. The molecule has 1 rings (SSSR count). The molecule has 1 aromatic heterocycles. The quantitative estimate of drug-likeness (QED) is 0.703. The lowest BCUT2D eigenvalue weighted by Crippen LogP contribution is -2.34. The lowest BCUT2D eigenvalue weighted by atomic mass is 10.1. The molecular formula is C16H30N2OS. The molecule has 1 aromatic rings. The lowest BCUT2D eigenvalue weighted by Gasteiger charge is -2.19. The van der Waals surface area contributed by atoms with Crippen molar-refractivity contribution in [2.24, 2.45) is 0 Å². The normalized spacial score (nSPS) is 12.3. The Bertz CT molecular complexity index is 367. The van der Waals surface area contributed by atoms with Crippen LogP contribution in [0.3, 0.4) is 0 Å². The van der Waals surface area contributed by atoms with Crippen LogP contribution in [0.1, 0.15) is 46.1 Å². The zero-order valence-corrected chi connectivity index (χ0v) is 14.5. The van der Waals surface area contributed by atoms with Crippen molar-refractivity contribution in [3.05, 3.63) is 23.7 Å². The average Bonchev–Trinajstić information content (AvgIpc) is 2.84. The van der Waals surface area contributed by atoms with Gasteiger partial charge in [-0.2, -0.15) is 11.8 Å². The summed E-state index contributed by atoms with van der Waals surface area (Å²) >= 11 is 1.95. The average molecular weight is 298 g/mol. The summed E-state index contributed by atoms with van der Waals surface area (Å²) in [5.74, 6) is 4.24. The van der Waals surface area contributed by atoms with Gasteiger partial charge >= 0.3 is 0 Å². The van der Waals surface area contributed by atoms with Crippen LogP contribution in [0.25, 0.3) is 0 Å². The van der Waals surface area contributed by atoms with Gasteiger partial charge in [0.15, 0.2) is 0 Å². The van der Waals surface area contributed by atoms with E-state index < -0.39 is 0 Å². The fourth-order valence-corrected chi connectivity index (χ4v) is 2.74. The fraction of sp³-hybridized carbons (Fsp3) is 0.750. The number of nitrogens with one attached hydrogen (secondary N) is 1. The Morgan fingerprint density at radius 3 is 2.40 bits per heavy atom. The third kappa shape index (κ3) is 7.36. The monoisotopic (exact) mass is 298 g/mol. The minimum Gasteiger partial charge on any atom is -0.464 e. The summed E-state index contributed by atoms with van der Waals surface area (Å²) in [6.45, 7) is 15.2. The molecule has 0 atom stereocenters. The molecule has 20 heavy (non-hydrogen) atoms. The van der Waals surface area contributed by atoms with Gasteiger partial charge in [0.1, 0.15) is 11.5 Å². The molecule has 3 nitrogen and oxygen atoms in total. The van der Waals surface area contributed by atoms with Crippen LogP contribution in [-0.4, -0.2) is 35.8 Å². The first-order chi connectivity index (χ1) is 9.44. The molecule has 116 valence electrons. The van der Waals surface area contributed by atoms with Gasteiger partial charge in [-0.1, -0.05) is 13.8 Å². The number of hydrogen-bond acceptors (Lipinski definition) is 4.